The molecule has 6 heteroatoms. The first-order valence-corrected chi connectivity index (χ1v) is 8.46. The van der Waals surface area contributed by atoms with Gasteiger partial charge in [0.05, 0.1) is 4.75 Å². The van der Waals surface area contributed by atoms with Crippen LogP contribution in [0.1, 0.15) is 32.5 Å². The third-order valence-corrected chi connectivity index (χ3v) is 4.87. The molecule has 1 aromatic carbocycles. The molecule has 0 aliphatic carbocycles. The summed E-state index contributed by atoms with van der Waals surface area (Å²) in [6, 6.07) is 8.56. The standard InChI is InChI=1S/C15H20BrN3OS/c1-10(17-4)9-13-18-14(20-19-13)15(2,3)21-12-7-5-11(16)6-8-12/h5-8,10,17H,9H2,1-4H3. The lowest BCUT2D eigenvalue weighted by Gasteiger charge is -2.19. The first-order valence-electron chi connectivity index (χ1n) is 6.85. The molecule has 0 bridgehead atoms. The number of nitrogens with one attached hydrogen (secondary N) is 1. The molecule has 2 aromatic rings. The van der Waals surface area contributed by atoms with Crippen LogP contribution in [0.2, 0.25) is 0 Å². The highest BCUT2D eigenvalue weighted by molar-refractivity contribution is 9.10. The number of benzene rings is 1. The zero-order valence-corrected chi connectivity index (χ0v) is 15.1. The van der Waals surface area contributed by atoms with Crippen LogP contribution in [0.3, 0.4) is 0 Å². The van der Waals surface area contributed by atoms with Gasteiger partial charge in [-0.3, -0.25) is 0 Å². The van der Waals surface area contributed by atoms with E-state index in [2.05, 4.69) is 64.3 Å². The maximum absolute atomic E-state index is 5.45. The van der Waals surface area contributed by atoms with Gasteiger partial charge in [0.15, 0.2) is 5.82 Å². The molecule has 0 aliphatic rings. The molecule has 1 N–H and O–H groups in total. The number of likely N-dealkylation sites (N-methyl/N-ethyl adjacent to an activating group) is 1. The minimum absolute atomic E-state index is 0.262. The van der Waals surface area contributed by atoms with Crippen LogP contribution in [0.15, 0.2) is 38.2 Å². The monoisotopic (exact) mass is 369 g/mol. The number of aromatic nitrogens is 2. The minimum Gasteiger partial charge on any atom is -0.338 e. The molecular formula is C15H20BrN3OS. The molecule has 0 radical (unpaired) electrons. The highest BCUT2D eigenvalue weighted by atomic mass is 79.9. The number of thioether (sulfide) groups is 1. The van der Waals surface area contributed by atoms with E-state index in [4.69, 9.17) is 4.52 Å². The molecule has 21 heavy (non-hydrogen) atoms. The zero-order chi connectivity index (χ0) is 15.5. The molecule has 114 valence electrons. The van der Waals surface area contributed by atoms with Crippen LogP contribution in [0, 0.1) is 0 Å². The van der Waals surface area contributed by atoms with Crippen LogP contribution in [0.5, 0.6) is 0 Å². The molecule has 0 spiro atoms. The van der Waals surface area contributed by atoms with Gasteiger partial charge in [-0.15, -0.1) is 11.8 Å². The summed E-state index contributed by atoms with van der Waals surface area (Å²) in [6.07, 6.45) is 0.763. The van der Waals surface area contributed by atoms with Gasteiger partial charge < -0.3 is 9.84 Å². The summed E-state index contributed by atoms with van der Waals surface area (Å²) in [4.78, 5) is 5.71. The number of hydrogen-bond donors (Lipinski definition) is 1. The SMILES string of the molecule is CNC(C)Cc1noc(C(C)(C)Sc2ccc(Br)cc2)n1. The lowest BCUT2D eigenvalue weighted by molar-refractivity contribution is 0.349. The third kappa shape index (κ3) is 4.56. The van der Waals surface area contributed by atoms with Crippen LogP contribution in [0.25, 0.3) is 0 Å². The van der Waals surface area contributed by atoms with E-state index in [-0.39, 0.29) is 4.75 Å². The van der Waals surface area contributed by atoms with Gasteiger partial charge in [0.25, 0.3) is 0 Å². The first kappa shape index (κ1) is 16.5. The Labute approximate surface area is 138 Å². The fraction of sp³-hybridized carbons (Fsp3) is 0.467. The van der Waals surface area contributed by atoms with Gasteiger partial charge in [-0.2, -0.15) is 4.98 Å². The second kappa shape index (κ2) is 6.94. The minimum atomic E-state index is -0.262. The highest BCUT2D eigenvalue weighted by Gasteiger charge is 2.29. The fourth-order valence-corrected chi connectivity index (χ4v) is 3.09. The Bertz CT molecular complexity index is 583. The van der Waals surface area contributed by atoms with Crippen molar-refractivity contribution in [3.05, 3.63) is 40.5 Å². The zero-order valence-electron chi connectivity index (χ0n) is 12.7. The maximum Gasteiger partial charge on any atom is 0.242 e. The Morgan fingerprint density at radius 2 is 2.00 bits per heavy atom. The summed E-state index contributed by atoms with van der Waals surface area (Å²) >= 11 is 5.16. The molecule has 0 saturated carbocycles. The summed E-state index contributed by atoms with van der Waals surface area (Å²) in [5, 5.41) is 7.25. The van der Waals surface area contributed by atoms with Gasteiger partial charge in [-0.05, 0) is 52.1 Å². The molecule has 4 nitrogen and oxygen atoms in total. The summed E-state index contributed by atoms with van der Waals surface area (Å²) in [6.45, 7) is 6.29. The molecule has 0 amide bonds. The van der Waals surface area contributed by atoms with E-state index in [1.807, 2.05) is 19.2 Å². The van der Waals surface area contributed by atoms with E-state index >= 15 is 0 Å². The van der Waals surface area contributed by atoms with Crippen molar-refractivity contribution >= 4 is 27.7 Å². The smallest absolute Gasteiger partial charge is 0.242 e. The lowest BCUT2D eigenvalue weighted by atomic mass is 10.2. The third-order valence-electron chi connectivity index (χ3n) is 3.15. The number of rotatable bonds is 6. The molecule has 0 saturated heterocycles. The molecule has 1 unspecified atom stereocenters. The molecular weight excluding hydrogens is 350 g/mol. The molecule has 0 aliphatic heterocycles. The van der Waals surface area contributed by atoms with Crippen molar-refractivity contribution in [1.82, 2.24) is 15.5 Å². The van der Waals surface area contributed by atoms with Crippen molar-refractivity contribution in [2.75, 3.05) is 7.05 Å². The summed E-state index contributed by atoms with van der Waals surface area (Å²) in [7, 11) is 1.93. The van der Waals surface area contributed by atoms with E-state index in [9.17, 15) is 0 Å². The Morgan fingerprint density at radius 3 is 2.62 bits per heavy atom. The van der Waals surface area contributed by atoms with Crippen LogP contribution < -0.4 is 5.32 Å². The fourth-order valence-electron chi connectivity index (χ4n) is 1.80. The Morgan fingerprint density at radius 1 is 1.33 bits per heavy atom. The van der Waals surface area contributed by atoms with Crippen molar-refractivity contribution in [2.45, 2.75) is 42.9 Å². The first-order chi connectivity index (χ1) is 9.90. The summed E-state index contributed by atoms with van der Waals surface area (Å²) < 4.78 is 6.26. The Balaban J connectivity index is 2.10. The molecule has 1 atom stereocenters. The van der Waals surface area contributed by atoms with Crippen LogP contribution in [0.4, 0.5) is 0 Å². The molecule has 1 aromatic heterocycles. The van der Waals surface area contributed by atoms with Gasteiger partial charge in [0, 0.05) is 21.8 Å². The van der Waals surface area contributed by atoms with Gasteiger partial charge in [-0.25, -0.2) is 0 Å². The molecule has 2 rings (SSSR count). The quantitative estimate of drug-likeness (QED) is 0.779. The maximum atomic E-state index is 5.45. The van der Waals surface area contributed by atoms with Crippen LogP contribution in [-0.2, 0) is 11.2 Å². The molecule has 1 heterocycles. The van der Waals surface area contributed by atoms with Crippen LogP contribution in [-0.4, -0.2) is 23.2 Å². The molecule has 0 fully saturated rings. The Kier molecular flexibility index (Phi) is 5.46. The lowest BCUT2D eigenvalue weighted by Crippen LogP contribution is -2.24. The topological polar surface area (TPSA) is 51.0 Å². The van der Waals surface area contributed by atoms with Gasteiger partial charge in [0.1, 0.15) is 0 Å². The Hall–Kier alpha value is -0.850. The average molecular weight is 370 g/mol. The van der Waals surface area contributed by atoms with Crippen molar-refractivity contribution in [1.29, 1.82) is 0 Å². The van der Waals surface area contributed by atoms with Gasteiger partial charge in [-0.1, -0.05) is 21.1 Å². The van der Waals surface area contributed by atoms with Crippen molar-refractivity contribution < 1.29 is 4.52 Å². The number of nitrogens with zero attached hydrogens (tertiary/aromatic N) is 2. The predicted molar refractivity (Wildman–Crippen MR) is 89.5 cm³/mol. The van der Waals surface area contributed by atoms with E-state index < -0.39 is 0 Å². The summed E-state index contributed by atoms with van der Waals surface area (Å²) in [5.41, 5.74) is 0. The second-order valence-corrected chi connectivity index (χ2v) is 8.09. The van der Waals surface area contributed by atoms with E-state index in [0.717, 1.165) is 16.7 Å². The number of halogens is 1. The van der Waals surface area contributed by atoms with Crippen molar-refractivity contribution in [3.8, 4) is 0 Å². The van der Waals surface area contributed by atoms with E-state index in [0.29, 0.717) is 11.9 Å². The largest absolute Gasteiger partial charge is 0.338 e. The van der Waals surface area contributed by atoms with Crippen molar-refractivity contribution in [3.63, 3.8) is 0 Å². The second-order valence-electron chi connectivity index (χ2n) is 5.48. The normalized spacial score (nSPS) is 13.4. The highest BCUT2D eigenvalue weighted by Crippen LogP contribution is 2.40. The van der Waals surface area contributed by atoms with Gasteiger partial charge in [0.2, 0.25) is 5.89 Å². The van der Waals surface area contributed by atoms with Crippen molar-refractivity contribution in [2.24, 2.45) is 0 Å². The van der Waals surface area contributed by atoms with E-state index in [1.165, 1.54) is 4.90 Å². The summed E-state index contributed by atoms with van der Waals surface area (Å²) in [5.74, 6) is 1.41. The predicted octanol–water partition coefficient (Wildman–Crippen LogP) is 4.01. The number of hydrogen-bond acceptors (Lipinski definition) is 5. The van der Waals surface area contributed by atoms with E-state index in [1.54, 1.807) is 11.8 Å². The van der Waals surface area contributed by atoms with Gasteiger partial charge >= 0.3 is 0 Å². The van der Waals surface area contributed by atoms with Crippen LogP contribution >= 0.6 is 27.7 Å². The average Bonchev–Trinajstić information content (AvgIpc) is 2.90.